The minimum Gasteiger partial charge on any atom is -0.337 e. The molecule has 1 amide bonds. The number of carbonyl (C=O) groups excluding carboxylic acids is 1. The standard InChI is InChI=1S/C15H16ClNO3S2/c1-17(9-13-7-8-14(16)21-13)15(18)12-5-3-11(4-6-12)10-22(2,19)20/h3-8H,9-10H2,1-2H3. The Labute approximate surface area is 139 Å². The van der Waals surface area contributed by atoms with Gasteiger partial charge in [-0.1, -0.05) is 23.7 Å². The summed E-state index contributed by atoms with van der Waals surface area (Å²) in [6.45, 7) is 0.487. The van der Waals surface area contributed by atoms with Gasteiger partial charge in [0.25, 0.3) is 5.91 Å². The molecule has 1 aromatic heterocycles. The van der Waals surface area contributed by atoms with Crippen LogP contribution in [0.15, 0.2) is 36.4 Å². The van der Waals surface area contributed by atoms with Crippen LogP contribution in [0.25, 0.3) is 0 Å². The zero-order valence-electron chi connectivity index (χ0n) is 12.2. The second-order valence-corrected chi connectivity index (χ2v) is 9.07. The molecular weight excluding hydrogens is 342 g/mol. The van der Waals surface area contributed by atoms with Crippen LogP contribution in [0.2, 0.25) is 4.34 Å². The van der Waals surface area contributed by atoms with E-state index >= 15 is 0 Å². The van der Waals surface area contributed by atoms with Gasteiger partial charge < -0.3 is 4.90 Å². The van der Waals surface area contributed by atoms with Crippen molar-refractivity contribution in [1.82, 2.24) is 4.90 Å². The number of hydrogen-bond acceptors (Lipinski definition) is 4. The molecule has 0 aliphatic heterocycles. The minimum absolute atomic E-state index is 0.0228. The van der Waals surface area contributed by atoms with E-state index in [1.165, 1.54) is 17.6 Å². The Morgan fingerprint density at radius 3 is 2.32 bits per heavy atom. The van der Waals surface area contributed by atoms with Crippen molar-refractivity contribution in [2.75, 3.05) is 13.3 Å². The monoisotopic (exact) mass is 357 g/mol. The molecule has 0 aliphatic carbocycles. The van der Waals surface area contributed by atoms with Crippen molar-refractivity contribution in [1.29, 1.82) is 0 Å². The number of nitrogens with zero attached hydrogens (tertiary/aromatic N) is 1. The maximum atomic E-state index is 12.3. The van der Waals surface area contributed by atoms with Gasteiger partial charge >= 0.3 is 0 Å². The Balaban J connectivity index is 2.05. The normalized spacial score (nSPS) is 11.4. The lowest BCUT2D eigenvalue weighted by molar-refractivity contribution is 0.0786. The van der Waals surface area contributed by atoms with E-state index in [-0.39, 0.29) is 11.7 Å². The molecule has 1 aromatic carbocycles. The third-order valence-electron chi connectivity index (χ3n) is 3.00. The maximum Gasteiger partial charge on any atom is 0.253 e. The Morgan fingerprint density at radius 2 is 1.82 bits per heavy atom. The predicted octanol–water partition coefficient (Wildman–Crippen LogP) is 3.22. The molecule has 1 heterocycles. The van der Waals surface area contributed by atoms with Gasteiger partial charge in [-0.25, -0.2) is 8.42 Å². The van der Waals surface area contributed by atoms with Crippen molar-refractivity contribution in [3.63, 3.8) is 0 Å². The summed E-state index contributed by atoms with van der Waals surface area (Å²) in [7, 11) is -1.35. The third kappa shape index (κ3) is 4.83. The lowest BCUT2D eigenvalue weighted by Gasteiger charge is -2.16. The van der Waals surface area contributed by atoms with Gasteiger partial charge in [-0.2, -0.15) is 0 Å². The minimum atomic E-state index is -3.07. The Kier molecular flexibility index (Phi) is 5.26. The largest absolute Gasteiger partial charge is 0.337 e. The molecule has 4 nitrogen and oxygen atoms in total. The van der Waals surface area contributed by atoms with Crippen molar-refractivity contribution >= 4 is 38.7 Å². The molecule has 0 unspecified atom stereocenters. The van der Waals surface area contributed by atoms with Gasteiger partial charge in [0, 0.05) is 23.7 Å². The molecule has 22 heavy (non-hydrogen) atoms. The average Bonchev–Trinajstić information content (AvgIpc) is 2.82. The van der Waals surface area contributed by atoms with Gasteiger partial charge in [-0.15, -0.1) is 11.3 Å². The van der Waals surface area contributed by atoms with Gasteiger partial charge in [0.05, 0.1) is 16.6 Å². The number of hydrogen-bond donors (Lipinski definition) is 0. The third-order valence-corrected chi connectivity index (χ3v) is 5.07. The summed E-state index contributed by atoms with van der Waals surface area (Å²) in [5.74, 6) is -0.138. The van der Waals surface area contributed by atoms with Gasteiger partial charge in [0.15, 0.2) is 9.84 Å². The summed E-state index contributed by atoms with van der Waals surface area (Å²) in [4.78, 5) is 14.9. The molecular formula is C15H16ClNO3S2. The number of halogens is 1. The number of rotatable bonds is 5. The lowest BCUT2D eigenvalue weighted by atomic mass is 10.1. The van der Waals surface area contributed by atoms with Crippen molar-refractivity contribution in [3.8, 4) is 0 Å². The van der Waals surface area contributed by atoms with E-state index in [1.807, 2.05) is 6.07 Å². The van der Waals surface area contributed by atoms with Gasteiger partial charge in [-0.05, 0) is 29.8 Å². The fraction of sp³-hybridized carbons (Fsp3) is 0.267. The van der Waals surface area contributed by atoms with Crippen LogP contribution in [0.4, 0.5) is 0 Å². The molecule has 0 radical (unpaired) electrons. The molecule has 0 spiro atoms. The molecule has 0 atom stereocenters. The average molecular weight is 358 g/mol. The molecule has 0 bridgehead atoms. The Bertz CT molecular complexity index is 766. The lowest BCUT2D eigenvalue weighted by Crippen LogP contribution is -2.25. The zero-order valence-corrected chi connectivity index (χ0v) is 14.6. The zero-order chi connectivity index (χ0) is 16.3. The number of sulfone groups is 1. The SMILES string of the molecule is CN(Cc1ccc(Cl)s1)C(=O)c1ccc(CS(C)(=O)=O)cc1. The van der Waals surface area contributed by atoms with E-state index in [0.29, 0.717) is 22.0 Å². The summed E-state index contributed by atoms with van der Waals surface area (Å²) in [6, 6.07) is 10.3. The van der Waals surface area contributed by atoms with Crippen LogP contribution in [0, 0.1) is 0 Å². The second kappa shape index (κ2) is 6.81. The molecule has 2 rings (SSSR count). The molecule has 0 N–H and O–H groups in total. The van der Waals surface area contributed by atoms with Crippen molar-refractivity contribution in [2.45, 2.75) is 12.3 Å². The highest BCUT2D eigenvalue weighted by Crippen LogP contribution is 2.23. The van der Waals surface area contributed by atoms with E-state index in [9.17, 15) is 13.2 Å². The quantitative estimate of drug-likeness (QED) is 0.825. The van der Waals surface area contributed by atoms with Crippen LogP contribution < -0.4 is 0 Å². The van der Waals surface area contributed by atoms with Crippen molar-refractivity contribution < 1.29 is 13.2 Å². The summed E-state index contributed by atoms with van der Waals surface area (Å²) < 4.78 is 23.2. The van der Waals surface area contributed by atoms with Crippen LogP contribution in [-0.4, -0.2) is 32.5 Å². The smallest absolute Gasteiger partial charge is 0.253 e. The number of carbonyl (C=O) groups is 1. The van der Waals surface area contributed by atoms with E-state index < -0.39 is 9.84 Å². The topological polar surface area (TPSA) is 54.5 Å². The number of thiophene rings is 1. The van der Waals surface area contributed by atoms with Crippen molar-refractivity contribution in [2.24, 2.45) is 0 Å². The van der Waals surface area contributed by atoms with E-state index in [1.54, 1.807) is 42.3 Å². The fourth-order valence-corrected chi connectivity index (χ4v) is 3.95. The van der Waals surface area contributed by atoms with Crippen LogP contribution >= 0.6 is 22.9 Å². The number of amides is 1. The Hall–Kier alpha value is -1.37. The summed E-state index contributed by atoms with van der Waals surface area (Å²) in [5.41, 5.74) is 1.20. The Morgan fingerprint density at radius 1 is 1.18 bits per heavy atom. The maximum absolute atomic E-state index is 12.3. The van der Waals surface area contributed by atoms with E-state index in [0.717, 1.165) is 4.88 Å². The molecule has 118 valence electrons. The van der Waals surface area contributed by atoms with Crippen LogP contribution in [0.3, 0.4) is 0 Å². The molecule has 0 saturated carbocycles. The fourth-order valence-electron chi connectivity index (χ4n) is 2.01. The first-order valence-corrected chi connectivity index (χ1v) is 9.76. The second-order valence-electron chi connectivity index (χ2n) is 5.13. The first kappa shape index (κ1) is 17.0. The van der Waals surface area contributed by atoms with E-state index in [2.05, 4.69) is 0 Å². The first-order valence-electron chi connectivity index (χ1n) is 6.51. The highest BCUT2D eigenvalue weighted by Gasteiger charge is 2.13. The molecule has 7 heteroatoms. The van der Waals surface area contributed by atoms with Crippen LogP contribution in [0.5, 0.6) is 0 Å². The molecule has 0 aliphatic rings. The first-order chi connectivity index (χ1) is 10.2. The van der Waals surface area contributed by atoms with Gasteiger partial charge in [-0.3, -0.25) is 4.79 Å². The molecule has 0 saturated heterocycles. The molecule has 2 aromatic rings. The van der Waals surface area contributed by atoms with Gasteiger partial charge in [0.2, 0.25) is 0 Å². The van der Waals surface area contributed by atoms with Gasteiger partial charge in [0.1, 0.15) is 0 Å². The molecule has 0 fully saturated rings. The summed E-state index contributed by atoms with van der Waals surface area (Å²) >= 11 is 7.32. The summed E-state index contributed by atoms with van der Waals surface area (Å²) in [6.07, 6.45) is 1.19. The highest BCUT2D eigenvalue weighted by molar-refractivity contribution is 7.89. The summed E-state index contributed by atoms with van der Waals surface area (Å²) in [5, 5.41) is 0. The predicted molar refractivity (Wildman–Crippen MR) is 90.1 cm³/mol. The van der Waals surface area contributed by atoms with Crippen LogP contribution in [0.1, 0.15) is 20.8 Å². The number of benzene rings is 1. The van der Waals surface area contributed by atoms with Crippen LogP contribution in [-0.2, 0) is 22.1 Å². The van der Waals surface area contributed by atoms with E-state index in [4.69, 9.17) is 11.6 Å². The highest BCUT2D eigenvalue weighted by atomic mass is 35.5. The van der Waals surface area contributed by atoms with Crippen molar-refractivity contribution in [3.05, 3.63) is 56.7 Å².